The van der Waals surface area contributed by atoms with Crippen molar-refractivity contribution in [3.05, 3.63) is 102 Å². The Kier molecular flexibility index (Phi) is 10.6. The van der Waals surface area contributed by atoms with Crippen LogP contribution < -0.4 is 4.74 Å². The highest BCUT2D eigenvalue weighted by atomic mass is 79.9. The molecule has 0 spiro atoms. The van der Waals surface area contributed by atoms with Crippen molar-refractivity contribution in [1.82, 2.24) is 4.90 Å². The Balaban J connectivity index is 1.07. The quantitative estimate of drug-likeness (QED) is 0.0353. The number of hydrogen-bond donors (Lipinski definition) is 0. The monoisotopic (exact) mass is 877 g/mol. The molecule has 0 aliphatic carbocycles. The first-order chi connectivity index (χ1) is 28.4. The number of aryl methyl sites for hydroxylation is 1. The van der Waals surface area contributed by atoms with Crippen molar-refractivity contribution >= 4 is 78.0 Å². The number of hydrogen-bond acceptors (Lipinski definition) is 10. The van der Waals surface area contributed by atoms with Gasteiger partial charge < -0.3 is 23.7 Å². The van der Waals surface area contributed by atoms with E-state index in [2.05, 4.69) is 70.5 Å². The van der Waals surface area contributed by atoms with Gasteiger partial charge in [-0.1, -0.05) is 88.7 Å². The normalized spacial score (nSPS) is 23.0. The lowest BCUT2D eigenvalue weighted by Gasteiger charge is -2.37. The molecule has 2 fully saturated rings. The average Bonchev–Trinajstić information content (AvgIpc) is 3.79. The molecule has 60 heavy (non-hydrogen) atoms. The standard InChI is InChI=1S/C48H48BrNO10/c1-28(58-36(51)17-11-12-29-18-19-32-21-20-30-13-10-14-31-22-23-34(29)38(32)37(30)31)48-35(59-33-15-8-7-9-16-33)26-47(60-48,27-57-43(54)45(2,3)4)39-40(48)42(53)50(41(39)52)24-25-56-44(55)46(5,6)49/h7-10,13-16,18-23,26,28,39-40H,11-12,17,24-25,27H2,1-6H3. The summed E-state index contributed by atoms with van der Waals surface area (Å²) in [5.74, 6) is -4.64. The number of esters is 3. The van der Waals surface area contributed by atoms with Gasteiger partial charge in [-0.25, -0.2) is 0 Å². The maximum Gasteiger partial charge on any atom is 0.322 e. The van der Waals surface area contributed by atoms with Gasteiger partial charge in [0, 0.05) is 6.42 Å². The fourth-order valence-electron chi connectivity index (χ4n) is 8.97. The van der Waals surface area contributed by atoms with E-state index in [1.807, 2.05) is 6.07 Å². The van der Waals surface area contributed by atoms with Crippen molar-refractivity contribution < 1.29 is 47.7 Å². The maximum absolute atomic E-state index is 14.6. The van der Waals surface area contributed by atoms with Crippen molar-refractivity contribution in [1.29, 1.82) is 0 Å². The first-order valence-corrected chi connectivity index (χ1v) is 21.1. The predicted molar refractivity (Wildman–Crippen MR) is 228 cm³/mol. The third kappa shape index (κ3) is 7.11. The molecule has 0 aromatic heterocycles. The second-order valence-electron chi connectivity index (χ2n) is 17.6. The number of amides is 2. The van der Waals surface area contributed by atoms with Crippen molar-refractivity contribution in [3.8, 4) is 5.75 Å². The van der Waals surface area contributed by atoms with Crippen molar-refractivity contribution in [3.63, 3.8) is 0 Å². The number of nitrogens with zero attached hydrogens (tertiary/aromatic N) is 1. The first kappa shape index (κ1) is 41.4. The average molecular weight is 879 g/mol. The largest absolute Gasteiger partial charge is 0.463 e. The molecule has 0 N–H and O–H groups in total. The summed E-state index contributed by atoms with van der Waals surface area (Å²) in [6.07, 6.45) is 1.62. The van der Waals surface area contributed by atoms with E-state index in [4.69, 9.17) is 23.7 Å². The molecule has 2 saturated heterocycles. The van der Waals surface area contributed by atoms with E-state index >= 15 is 0 Å². The smallest absolute Gasteiger partial charge is 0.322 e. The maximum atomic E-state index is 14.6. The fraction of sp³-hybridized carbons (Fsp3) is 0.396. The van der Waals surface area contributed by atoms with Crippen LogP contribution in [0.1, 0.15) is 59.9 Å². The molecule has 12 heteroatoms. The third-order valence-electron chi connectivity index (χ3n) is 11.9. The van der Waals surface area contributed by atoms with Gasteiger partial charge in [0.25, 0.3) is 0 Å². The number of alkyl halides is 1. The summed E-state index contributed by atoms with van der Waals surface area (Å²) in [6, 6.07) is 28.0. The number of likely N-dealkylation sites (tertiary alicyclic amines) is 1. The zero-order chi connectivity index (χ0) is 42.8. The molecular formula is C48H48BrNO10. The second kappa shape index (κ2) is 15.3. The van der Waals surface area contributed by atoms with Crippen molar-refractivity contribution in [2.45, 2.75) is 82.4 Å². The SMILES string of the molecule is CC(OC(=O)CCCc1ccc2ccc3cccc4ccc1c2c34)C12OC(COC(=O)C(C)(C)C)(C=C1Oc1ccccc1)C1C(=O)N(CCOC(=O)C(C)(C)Br)C(=O)C12. The van der Waals surface area contributed by atoms with Crippen LogP contribution in [-0.4, -0.2) is 76.0 Å². The molecule has 5 aromatic carbocycles. The van der Waals surface area contributed by atoms with Crippen molar-refractivity contribution in [2.24, 2.45) is 17.3 Å². The summed E-state index contributed by atoms with van der Waals surface area (Å²) >= 11 is 3.28. The first-order valence-electron chi connectivity index (χ1n) is 20.3. The van der Waals surface area contributed by atoms with E-state index < -0.39 is 75.2 Å². The molecule has 0 saturated carbocycles. The Morgan fingerprint density at radius 1 is 0.800 bits per heavy atom. The number of imide groups is 1. The fourth-order valence-corrected chi connectivity index (χ4v) is 9.08. The van der Waals surface area contributed by atoms with Crippen LogP contribution in [0, 0.1) is 17.3 Å². The number of carbonyl (C=O) groups is 5. The van der Waals surface area contributed by atoms with Gasteiger partial charge in [-0.05, 0) is 110 Å². The van der Waals surface area contributed by atoms with Crippen LogP contribution >= 0.6 is 15.9 Å². The van der Waals surface area contributed by atoms with Gasteiger partial charge in [-0.15, -0.1) is 0 Å². The molecule has 0 radical (unpaired) electrons. The Bertz CT molecular complexity index is 2540. The second-order valence-corrected chi connectivity index (χ2v) is 19.5. The van der Waals surface area contributed by atoms with Gasteiger partial charge in [0.05, 0.1) is 23.8 Å². The molecule has 5 aromatic rings. The lowest BCUT2D eigenvalue weighted by molar-refractivity contribution is -0.185. The molecule has 312 valence electrons. The molecule has 8 rings (SSSR count). The summed E-state index contributed by atoms with van der Waals surface area (Å²) < 4.78 is 29.8. The van der Waals surface area contributed by atoms with Gasteiger partial charge in [-0.3, -0.25) is 28.9 Å². The molecule has 3 heterocycles. The number of fused-ring (bicyclic) bond motifs is 5. The number of para-hydroxylation sites is 1. The number of rotatable bonds is 14. The summed E-state index contributed by atoms with van der Waals surface area (Å²) in [7, 11) is 0. The molecule has 5 atom stereocenters. The molecular weight excluding hydrogens is 830 g/mol. The highest BCUT2D eigenvalue weighted by molar-refractivity contribution is 9.10. The summed E-state index contributed by atoms with van der Waals surface area (Å²) in [6.45, 7) is 9.12. The van der Waals surface area contributed by atoms with Gasteiger partial charge >= 0.3 is 17.9 Å². The van der Waals surface area contributed by atoms with Gasteiger partial charge in [0.1, 0.15) is 40.8 Å². The summed E-state index contributed by atoms with van der Waals surface area (Å²) in [4.78, 5) is 69.6. The third-order valence-corrected chi connectivity index (χ3v) is 12.2. The lowest BCUT2D eigenvalue weighted by Crippen LogP contribution is -2.53. The Hall–Kier alpha value is -5.33. The lowest BCUT2D eigenvalue weighted by atomic mass is 9.69. The van der Waals surface area contributed by atoms with Crippen LogP contribution in [0.3, 0.4) is 0 Å². The number of carbonyl (C=O) groups excluding carboxylic acids is 5. The number of benzene rings is 5. The highest BCUT2D eigenvalue weighted by Crippen LogP contribution is 2.62. The molecule has 3 aliphatic heterocycles. The van der Waals surface area contributed by atoms with E-state index in [0.29, 0.717) is 18.6 Å². The van der Waals surface area contributed by atoms with Crippen molar-refractivity contribution in [2.75, 3.05) is 19.8 Å². The number of ether oxygens (including phenoxy) is 5. The minimum Gasteiger partial charge on any atom is -0.463 e. The summed E-state index contributed by atoms with van der Waals surface area (Å²) in [5.41, 5.74) is -3.20. The van der Waals surface area contributed by atoms with Crippen LogP contribution in [0.2, 0.25) is 0 Å². The Morgan fingerprint density at radius 2 is 1.45 bits per heavy atom. The molecule has 2 bridgehead atoms. The van der Waals surface area contributed by atoms with E-state index in [9.17, 15) is 24.0 Å². The molecule has 2 amide bonds. The molecule has 3 aliphatic rings. The minimum absolute atomic E-state index is 0.0672. The van der Waals surface area contributed by atoms with Crippen LogP contribution in [0.5, 0.6) is 5.75 Å². The van der Waals surface area contributed by atoms with Gasteiger partial charge in [-0.2, -0.15) is 0 Å². The zero-order valence-corrected chi connectivity index (χ0v) is 36.1. The topological polar surface area (TPSA) is 135 Å². The molecule has 11 nitrogen and oxygen atoms in total. The summed E-state index contributed by atoms with van der Waals surface area (Å²) in [5, 5.41) is 7.09. The van der Waals surface area contributed by atoms with E-state index in [1.165, 1.54) is 21.5 Å². The van der Waals surface area contributed by atoms with Crippen LogP contribution in [0.4, 0.5) is 0 Å². The van der Waals surface area contributed by atoms with E-state index in [1.54, 1.807) is 71.9 Å². The molecule has 5 unspecified atom stereocenters. The Labute approximate surface area is 356 Å². The number of halogens is 1. The Morgan fingerprint density at radius 3 is 2.13 bits per heavy atom. The van der Waals surface area contributed by atoms with Crippen LogP contribution in [-0.2, 0) is 49.3 Å². The van der Waals surface area contributed by atoms with Gasteiger partial charge in [0.15, 0.2) is 5.60 Å². The van der Waals surface area contributed by atoms with Crippen LogP contribution in [0.25, 0.3) is 32.3 Å². The van der Waals surface area contributed by atoms with Crippen LogP contribution in [0.15, 0.2) is 96.8 Å². The predicted octanol–water partition coefficient (Wildman–Crippen LogP) is 8.23. The van der Waals surface area contributed by atoms with E-state index in [0.717, 1.165) is 21.2 Å². The highest BCUT2D eigenvalue weighted by Gasteiger charge is 2.79. The van der Waals surface area contributed by atoms with E-state index in [-0.39, 0.29) is 25.3 Å². The zero-order valence-electron chi connectivity index (χ0n) is 34.5. The van der Waals surface area contributed by atoms with Gasteiger partial charge in [0.2, 0.25) is 11.8 Å². The minimum atomic E-state index is -1.79.